The summed E-state index contributed by atoms with van der Waals surface area (Å²) >= 11 is 1.30. The number of anilines is 1. The molecule has 0 atom stereocenters. The van der Waals surface area contributed by atoms with E-state index in [2.05, 4.69) is 26.8 Å². The Kier molecular flexibility index (Phi) is 7.03. The van der Waals surface area contributed by atoms with E-state index in [1.165, 1.54) is 18.9 Å². The van der Waals surface area contributed by atoms with Gasteiger partial charge in [0.15, 0.2) is 11.0 Å². The van der Waals surface area contributed by atoms with Crippen molar-refractivity contribution in [2.24, 2.45) is 0 Å². The van der Waals surface area contributed by atoms with Gasteiger partial charge in [-0.05, 0) is 36.8 Å². The average molecular weight is 423 g/mol. The summed E-state index contributed by atoms with van der Waals surface area (Å²) in [6.45, 7) is 6.37. The van der Waals surface area contributed by atoms with E-state index in [0.717, 1.165) is 17.0 Å². The summed E-state index contributed by atoms with van der Waals surface area (Å²) in [5.74, 6) is 0.307. The van der Waals surface area contributed by atoms with Crippen LogP contribution in [0.25, 0.3) is 11.4 Å². The average Bonchev–Trinajstić information content (AvgIpc) is 3.15. The lowest BCUT2D eigenvalue weighted by atomic mass is 10.1. The Balaban J connectivity index is 1.68. The molecular formula is C22H22N4O3S. The molecule has 0 unspecified atom stereocenters. The van der Waals surface area contributed by atoms with Crippen LogP contribution in [0.2, 0.25) is 0 Å². The van der Waals surface area contributed by atoms with Crippen LogP contribution in [0.1, 0.15) is 15.9 Å². The molecule has 0 spiro atoms. The second-order valence-corrected chi connectivity index (χ2v) is 7.37. The van der Waals surface area contributed by atoms with Crippen molar-refractivity contribution in [3.63, 3.8) is 0 Å². The molecule has 154 valence electrons. The lowest BCUT2D eigenvalue weighted by Gasteiger charge is -2.10. The number of hydrogen-bond acceptors (Lipinski definition) is 6. The van der Waals surface area contributed by atoms with Crippen LogP contribution in [0.3, 0.4) is 0 Å². The molecule has 3 aromatic rings. The molecule has 1 amide bonds. The van der Waals surface area contributed by atoms with Gasteiger partial charge in [0.25, 0.3) is 0 Å². The van der Waals surface area contributed by atoms with Gasteiger partial charge in [-0.2, -0.15) is 0 Å². The van der Waals surface area contributed by atoms with Gasteiger partial charge in [-0.15, -0.1) is 16.8 Å². The fraction of sp³-hybridized carbons (Fsp3) is 0.182. The number of benzene rings is 2. The number of carbonyl (C=O) groups is 2. The van der Waals surface area contributed by atoms with Crippen molar-refractivity contribution in [2.45, 2.75) is 18.6 Å². The number of hydrogen-bond donors (Lipinski definition) is 1. The molecule has 1 N–H and O–H groups in total. The Morgan fingerprint density at radius 2 is 1.90 bits per heavy atom. The second-order valence-electron chi connectivity index (χ2n) is 6.43. The lowest BCUT2D eigenvalue weighted by Crippen LogP contribution is -2.15. The third kappa shape index (κ3) is 4.96. The second kappa shape index (κ2) is 9.89. The fourth-order valence-corrected chi connectivity index (χ4v) is 3.59. The van der Waals surface area contributed by atoms with Gasteiger partial charge in [-0.1, -0.05) is 42.1 Å². The highest BCUT2D eigenvalue weighted by Gasteiger charge is 2.16. The van der Waals surface area contributed by atoms with E-state index in [0.29, 0.717) is 23.0 Å². The van der Waals surface area contributed by atoms with Gasteiger partial charge in [0.1, 0.15) is 0 Å². The first kappa shape index (κ1) is 21.3. The molecule has 2 aromatic carbocycles. The van der Waals surface area contributed by atoms with Crippen LogP contribution in [0.5, 0.6) is 0 Å². The summed E-state index contributed by atoms with van der Waals surface area (Å²) in [5.41, 5.74) is 3.11. The molecule has 0 saturated heterocycles. The molecule has 0 aliphatic heterocycles. The third-order valence-corrected chi connectivity index (χ3v) is 5.30. The number of esters is 1. The molecule has 0 radical (unpaired) electrons. The SMILES string of the molecule is C=CCn1c(SCC(=O)Nc2ccc(C(=O)OC)cc2)nnc1-c1ccccc1C. The monoisotopic (exact) mass is 422 g/mol. The molecular weight excluding hydrogens is 400 g/mol. The maximum atomic E-state index is 12.4. The van der Waals surface area contributed by atoms with E-state index in [9.17, 15) is 9.59 Å². The molecule has 0 saturated carbocycles. The number of carbonyl (C=O) groups excluding carboxylic acids is 2. The first-order chi connectivity index (χ1) is 14.5. The number of ether oxygens (including phenoxy) is 1. The Bertz CT molecular complexity index is 1060. The van der Waals surface area contributed by atoms with Gasteiger partial charge >= 0.3 is 5.97 Å². The topological polar surface area (TPSA) is 86.1 Å². The molecule has 3 rings (SSSR count). The Hall–Kier alpha value is -3.39. The van der Waals surface area contributed by atoms with Gasteiger partial charge in [0.05, 0.1) is 18.4 Å². The quantitative estimate of drug-likeness (QED) is 0.336. The summed E-state index contributed by atoms with van der Waals surface area (Å²) in [6, 6.07) is 14.5. The van der Waals surface area contributed by atoms with Crippen molar-refractivity contribution in [1.82, 2.24) is 14.8 Å². The molecule has 0 aliphatic carbocycles. The summed E-state index contributed by atoms with van der Waals surface area (Å²) in [7, 11) is 1.32. The fourth-order valence-electron chi connectivity index (χ4n) is 2.85. The van der Waals surface area contributed by atoms with Crippen molar-refractivity contribution in [2.75, 3.05) is 18.2 Å². The van der Waals surface area contributed by atoms with Crippen molar-refractivity contribution < 1.29 is 14.3 Å². The highest BCUT2D eigenvalue weighted by Crippen LogP contribution is 2.26. The number of nitrogens with one attached hydrogen (secondary N) is 1. The minimum Gasteiger partial charge on any atom is -0.465 e. The van der Waals surface area contributed by atoms with Crippen LogP contribution < -0.4 is 5.32 Å². The highest BCUT2D eigenvalue weighted by molar-refractivity contribution is 7.99. The first-order valence-electron chi connectivity index (χ1n) is 9.24. The minimum absolute atomic E-state index is 0.168. The molecule has 30 heavy (non-hydrogen) atoms. The van der Waals surface area contributed by atoms with E-state index in [4.69, 9.17) is 0 Å². The van der Waals surface area contributed by atoms with E-state index in [1.807, 2.05) is 35.8 Å². The molecule has 0 fully saturated rings. The first-order valence-corrected chi connectivity index (χ1v) is 10.2. The van der Waals surface area contributed by atoms with E-state index in [1.54, 1.807) is 30.3 Å². The van der Waals surface area contributed by atoms with Crippen LogP contribution in [0.4, 0.5) is 5.69 Å². The summed E-state index contributed by atoms with van der Waals surface area (Å²) in [5, 5.41) is 12.0. The van der Waals surface area contributed by atoms with Crippen molar-refractivity contribution >= 4 is 29.3 Å². The Labute approximate surface area is 179 Å². The smallest absolute Gasteiger partial charge is 0.337 e. The van der Waals surface area contributed by atoms with Crippen molar-refractivity contribution in [3.05, 3.63) is 72.3 Å². The minimum atomic E-state index is -0.422. The maximum Gasteiger partial charge on any atom is 0.337 e. The number of nitrogens with zero attached hydrogens (tertiary/aromatic N) is 3. The number of methoxy groups -OCH3 is 1. The molecule has 0 bridgehead atoms. The molecule has 0 aliphatic rings. The Morgan fingerprint density at radius 1 is 1.17 bits per heavy atom. The standard InChI is InChI=1S/C22H22N4O3S/c1-4-13-26-20(18-8-6-5-7-15(18)2)24-25-22(26)30-14-19(27)23-17-11-9-16(10-12-17)21(28)29-3/h4-12H,1,13-14H2,2-3H3,(H,23,27). The predicted octanol–water partition coefficient (Wildman–Crippen LogP) is 3.96. The zero-order chi connectivity index (χ0) is 21.5. The zero-order valence-corrected chi connectivity index (χ0v) is 17.6. The molecule has 7 nitrogen and oxygen atoms in total. The van der Waals surface area contributed by atoms with Gasteiger partial charge in [0, 0.05) is 17.8 Å². The van der Waals surface area contributed by atoms with E-state index in [-0.39, 0.29) is 11.7 Å². The zero-order valence-electron chi connectivity index (χ0n) is 16.8. The van der Waals surface area contributed by atoms with Crippen molar-refractivity contribution in [3.8, 4) is 11.4 Å². The summed E-state index contributed by atoms with van der Waals surface area (Å²) in [6.07, 6.45) is 1.78. The van der Waals surface area contributed by atoms with Crippen LogP contribution in [-0.2, 0) is 16.1 Å². The number of aromatic nitrogens is 3. The van der Waals surface area contributed by atoms with Crippen LogP contribution in [-0.4, -0.2) is 39.5 Å². The third-order valence-electron chi connectivity index (χ3n) is 4.34. The van der Waals surface area contributed by atoms with Gasteiger partial charge in [-0.25, -0.2) is 4.79 Å². The number of aryl methyl sites for hydroxylation is 1. The number of allylic oxidation sites excluding steroid dienone is 1. The lowest BCUT2D eigenvalue weighted by molar-refractivity contribution is -0.113. The highest BCUT2D eigenvalue weighted by atomic mass is 32.2. The van der Waals surface area contributed by atoms with Crippen LogP contribution in [0.15, 0.2) is 66.3 Å². The van der Waals surface area contributed by atoms with E-state index < -0.39 is 5.97 Å². The van der Waals surface area contributed by atoms with Crippen molar-refractivity contribution in [1.29, 1.82) is 0 Å². The molecule has 1 aromatic heterocycles. The van der Waals surface area contributed by atoms with Gasteiger partial charge in [-0.3, -0.25) is 9.36 Å². The predicted molar refractivity (Wildman–Crippen MR) is 118 cm³/mol. The molecule has 8 heteroatoms. The van der Waals surface area contributed by atoms with Gasteiger partial charge in [0.2, 0.25) is 5.91 Å². The van der Waals surface area contributed by atoms with Crippen LogP contribution >= 0.6 is 11.8 Å². The molecule has 1 heterocycles. The van der Waals surface area contributed by atoms with E-state index >= 15 is 0 Å². The largest absolute Gasteiger partial charge is 0.465 e. The normalized spacial score (nSPS) is 10.5. The maximum absolute atomic E-state index is 12.4. The summed E-state index contributed by atoms with van der Waals surface area (Å²) in [4.78, 5) is 23.8. The number of rotatable bonds is 8. The van der Waals surface area contributed by atoms with Gasteiger partial charge < -0.3 is 10.1 Å². The Morgan fingerprint density at radius 3 is 2.57 bits per heavy atom. The number of thioether (sulfide) groups is 1. The summed E-state index contributed by atoms with van der Waals surface area (Å²) < 4.78 is 6.61. The number of amides is 1. The van der Waals surface area contributed by atoms with Crippen LogP contribution in [0, 0.1) is 6.92 Å².